The predicted molar refractivity (Wildman–Crippen MR) is 69.8 cm³/mol. The first-order valence-electron chi connectivity index (χ1n) is 6.80. The molecule has 0 bridgehead atoms. The third-order valence-electron chi connectivity index (χ3n) is 3.64. The summed E-state index contributed by atoms with van der Waals surface area (Å²) in [6, 6.07) is 0. The van der Waals surface area contributed by atoms with Gasteiger partial charge < -0.3 is 10.1 Å². The molecule has 0 atom stereocenters. The largest absolute Gasteiger partial charge is 0.382 e. The second-order valence-corrected chi connectivity index (χ2v) is 6.26. The molecule has 0 aliphatic heterocycles. The standard InChI is InChI=1S/C14H29NO/c1-5-16-11-10-14(8-6-7-9-14)12-15-13(2,3)4/h15H,5-12H2,1-4H3. The first kappa shape index (κ1) is 14.0. The van der Waals surface area contributed by atoms with Gasteiger partial charge in [0.15, 0.2) is 0 Å². The van der Waals surface area contributed by atoms with Crippen molar-refractivity contribution in [1.82, 2.24) is 5.32 Å². The number of ether oxygens (including phenoxy) is 1. The van der Waals surface area contributed by atoms with Gasteiger partial charge in [-0.2, -0.15) is 0 Å². The lowest BCUT2D eigenvalue weighted by Crippen LogP contribution is -2.43. The highest BCUT2D eigenvalue weighted by atomic mass is 16.5. The van der Waals surface area contributed by atoms with E-state index in [1.54, 1.807) is 0 Å². The van der Waals surface area contributed by atoms with Gasteiger partial charge in [0, 0.05) is 25.3 Å². The Hall–Kier alpha value is -0.0800. The normalized spacial score (nSPS) is 20.2. The van der Waals surface area contributed by atoms with E-state index in [2.05, 4.69) is 33.0 Å². The van der Waals surface area contributed by atoms with E-state index in [-0.39, 0.29) is 5.54 Å². The van der Waals surface area contributed by atoms with Crippen molar-refractivity contribution < 1.29 is 4.74 Å². The first-order valence-corrected chi connectivity index (χ1v) is 6.80. The summed E-state index contributed by atoms with van der Waals surface area (Å²) in [5.74, 6) is 0. The molecule has 0 aromatic heterocycles. The van der Waals surface area contributed by atoms with Crippen LogP contribution in [0.25, 0.3) is 0 Å². The van der Waals surface area contributed by atoms with Gasteiger partial charge in [-0.1, -0.05) is 12.8 Å². The molecule has 0 heterocycles. The predicted octanol–water partition coefficient (Wildman–Crippen LogP) is 3.36. The SMILES string of the molecule is CCOCCC1(CNC(C)(C)C)CCCC1. The lowest BCUT2D eigenvalue weighted by atomic mass is 9.82. The van der Waals surface area contributed by atoms with Crippen molar-refractivity contribution in [2.45, 2.75) is 65.3 Å². The molecule has 1 N–H and O–H groups in total. The molecule has 2 heteroatoms. The Bertz CT molecular complexity index is 189. The molecule has 0 saturated heterocycles. The summed E-state index contributed by atoms with van der Waals surface area (Å²) < 4.78 is 5.52. The van der Waals surface area contributed by atoms with Crippen molar-refractivity contribution in [1.29, 1.82) is 0 Å². The Morgan fingerprint density at radius 1 is 1.19 bits per heavy atom. The van der Waals surface area contributed by atoms with E-state index >= 15 is 0 Å². The molecule has 0 aromatic rings. The van der Waals surface area contributed by atoms with Crippen LogP contribution in [0, 0.1) is 5.41 Å². The maximum absolute atomic E-state index is 5.52. The molecular weight excluding hydrogens is 198 g/mol. The van der Waals surface area contributed by atoms with Crippen LogP contribution in [0.3, 0.4) is 0 Å². The molecule has 1 fully saturated rings. The van der Waals surface area contributed by atoms with Crippen LogP contribution >= 0.6 is 0 Å². The number of rotatable bonds is 6. The van der Waals surface area contributed by atoms with Crippen LogP contribution < -0.4 is 5.32 Å². The van der Waals surface area contributed by atoms with Crippen molar-refractivity contribution in [3.63, 3.8) is 0 Å². The van der Waals surface area contributed by atoms with Crippen molar-refractivity contribution in [2.75, 3.05) is 19.8 Å². The summed E-state index contributed by atoms with van der Waals surface area (Å²) in [4.78, 5) is 0. The number of hydrogen-bond acceptors (Lipinski definition) is 2. The van der Waals surface area contributed by atoms with Crippen LogP contribution in [0.5, 0.6) is 0 Å². The molecule has 96 valence electrons. The fraction of sp³-hybridized carbons (Fsp3) is 1.00. The fourth-order valence-electron chi connectivity index (χ4n) is 2.53. The Kier molecular flexibility index (Phi) is 5.26. The van der Waals surface area contributed by atoms with E-state index in [9.17, 15) is 0 Å². The average Bonchev–Trinajstić information content (AvgIpc) is 2.64. The fourth-order valence-corrected chi connectivity index (χ4v) is 2.53. The third-order valence-corrected chi connectivity index (χ3v) is 3.64. The highest BCUT2D eigenvalue weighted by Crippen LogP contribution is 2.40. The van der Waals surface area contributed by atoms with Crippen LogP contribution in [0.2, 0.25) is 0 Å². The average molecular weight is 227 g/mol. The summed E-state index contributed by atoms with van der Waals surface area (Å²) in [6.45, 7) is 11.8. The molecule has 0 amide bonds. The quantitative estimate of drug-likeness (QED) is 0.703. The molecule has 0 spiro atoms. The zero-order valence-electron chi connectivity index (χ0n) is 11.6. The zero-order chi connectivity index (χ0) is 12.1. The Morgan fingerprint density at radius 2 is 1.81 bits per heavy atom. The molecule has 1 aliphatic rings. The molecule has 16 heavy (non-hydrogen) atoms. The molecule has 0 aromatic carbocycles. The van der Waals surface area contributed by atoms with Crippen LogP contribution in [-0.4, -0.2) is 25.3 Å². The lowest BCUT2D eigenvalue weighted by Gasteiger charge is -2.33. The molecule has 1 aliphatic carbocycles. The van der Waals surface area contributed by atoms with E-state index in [1.165, 1.54) is 32.1 Å². The third kappa shape index (κ3) is 4.84. The van der Waals surface area contributed by atoms with Crippen molar-refractivity contribution in [2.24, 2.45) is 5.41 Å². The van der Waals surface area contributed by atoms with Crippen LogP contribution in [0.1, 0.15) is 59.8 Å². The second kappa shape index (κ2) is 6.02. The topological polar surface area (TPSA) is 21.3 Å². The number of hydrogen-bond donors (Lipinski definition) is 1. The van der Waals surface area contributed by atoms with E-state index in [0.717, 1.165) is 19.8 Å². The van der Waals surface area contributed by atoms with Crippen LogP contribution in [0.15, 0.2) is 0 Å². The van der Waals surface area contributed by atoms with Crippen LogP contribution in [-0.2, 0) is 4.74 Å². The Balaban J connectivity index is 2.39. The molecule has 0 unspecified atom stereocenters. The van der Waals surface area contributed by atoms with Crippen molar-refractivity contribution in [3.05, 3.63) is 0 Å². The maximum Gasteiger partial charge on any atom is 0.0471 e. The van der Waals surface area contributed by atoms with E-state index in [1.807, 2.05) is 0 Å². The Morgan fingerprint density at radius 3 is 2.31 bits per heavy atom. The second-order valence-electron chi connectivity index (χ2n) is 6.26. The van der Waals surface area contributed by atoms with Crippen molar-refractivity contribution >= 4 is 0 Å². The van der Waals surface area contributed by atoms with Gasteiger partial charge >= 0.3 is 0 Å². The monoisotopic (exact) mass is 227 g/mol. The van der Waals surface area contributed by atoms with Gasteiger partial charge in [-0.15, -0.1) is 0 Å². The highest BCUT2D eigenvalue weighted by Gasteiger charge is 2.34. The van der Waals surface area contributed by atoms with Crippen LogP contribution in [0.4, 0.5) is 0 Å². The summed E-state index contributed by atoms with van der Waals surface area (Å²) in [6.07, 6.45) is 6.78. The lowest BCUT2D eigenvalue weighted by molar-refractivity contribution is 0.0995. The minimum atomic E-state index is 0.237. The van der Waals surface area contributed by atoms with Gasteiger partial charge in [-0.05, 0) is 52.4 Å². The van der Waals surface area contributed by atoms with E-state index in [0.29, 0.717) is 5.41 Å². The molecule has 1 saturated carbocycles. The zero-order valence-corrected chi connectivity index (χ0v) is 11.6. The molecule has 0 radical (unpaired) electrons. The summed E-state index contributed by atoms with van der Waals surface area (Å²) in [5.41, 5.74) is 0.754. The van der Waals surface area contributed by atoms with Crippen molar-refractivity contribution in [3.8, 4) is 0 Å². The van der Waals surface area contributed by atoms with Gasteiger partial charge in [0.1, 0.15) is 0 Å². The van der Waals surface area contributed by atoms with E-state index in [4.69, 9.17) is 4.74 Å². The highest BCUT2D eigenvalue weighted by molar-refractivity contribution is 4.88. The van der Waals surface area contributed by atoms with Gasteiger partial charge in [-0.25, -0.2) is 0 Å². The summed E-state index contributed by atoms with van der Waals surface area (Å²) in [5, 5.41) is 3.68. The van der Waals surface area contributed by atoms with Gasteiger partial charge in [-0.3, -0.25) is 0 Å². The minimum Gasteiger partial charge on any atom is -0.382 e. The van der Waals surface area contributed by atoms with Gasteiger partial charge in [0.05, 0.1) is 0 Å². The first-order chi connectivity index (χ1) is 7.47. The van der Waals surface area contributed by atoms with Gasteiger partial charge in [0.2, 0.25) is 0 Å². The summed E-state index contributed by atoms with van der Waals surface area (Å²) in [7, 11) is 0. The Labute approximate surface area is 101 Å². The molecular formula is C14H29NO. The smallest absolute Gasteiger partial charge is 0.0471 e. The minimum absolute atomic E-state index is 0.237. The van der Waals surface area contributed by atoms with E-state index < -0.39 is 0 Å². The number of nitrogens with one attached hydrogen (secondary N) is 1. The van der Waals surface area contributed by atoms with Gasteiger partial charge in [0.25, 0.3) is 0 Å². The molecule has 1 rings (SSSR count). The summed E-state index contributed by atoms with van der Waals surface area (Å²) >= 11 is 0. The molecule has 2 nitrogen and oxygen atoms in total. The maximum atomic E-state index is 5.52.